The normalized spacial score (nSPS) is 10.3. The van der Waals surface area contributed by atoms with E-state index in [9.17, 15) is 9.18 Å². The van der Waals surface area contributed by atoms with Gasteiger partial charge < -0.3 is 10.1 Å². The molecular weight excluding hydrogens is 361 g/mol. The summed E-state index contributed by atoms with van der Waals surface area (Å²) in [5.41, 5.74) is 1.31. The molecule has 0 aliphatic rings. The lowest BCUT2D eigenvalue weighted by molar-refractivity contribution is 0.0600. The zero-order valence-corrected chi connectivity index (χ0v) is 13.5. The van der Waals surface area contributed by atoms with Crippen LogP contribution < -0.4 is 5.32 Å². The molecule has 3 nitrogen and oxygen atoms in total. The van der Waals surface area contributed by atoms with Crippen LogP contribution in [0.1, 0.15) is 15.9 Å². The Kier molecular flexibility index (Phi) is 5.20. The molecule has 0 spiro atoms. The van der Waals surface area contributed by atoms with Crippen LogP contribution in [0.2, 0.25) is 5.02 Å². The van der Waals surface area contributed by atoms with E-state index in [0.29, 0.717) is 11.6 Å². The molecule has 21 heavy (non-hydrogen) atoms. The summed E-state index contributed by atoms with van der Waals surface area (Å²) in [5, 5.41) is 3.51. The second-order valence-electron chi connectivity index (χ2n) is 4.28. The third-order valence-electron chi connectivity index (χ3n) is 2.86. The van der Waals surface area contributed by atoms with E-state index in [1.54, 1.807) is 6.07 Å². The highest BCUT2D eigenvalue weighted by Gasteiger charge is 2.10. The molecule has 0 saturated carbocycles. The summed E-state index contributed by atoms with van der Waals surface area (Å²) in [5.74, 6) is -0.965. The first-order valence-corrected chi connectivity index (χ1v) is 7.24. The van der Waals surface area contributed by atoms with Gasteiger partial charge >= 0.3 is 5.97 Å². The van der Waals surface area contributed by atoms with E-state index in [1.165, 1.54) is 25.3 Å². The lowest BCUT2D eigenvalue weighted by Crippen LogP contribution is -2.06. The smallest absolute Gasteiger partial charge is 0.337 e. The molecule has 2 aromatic carbocycles. The maximum Gasteiger partial charge on any atom is 0.337 e. The third-order valence-corrected chi connectivity index (χ3v) is 3.73. The Balaban J connectivity index is 2.19. The topological polar surface area (TPSA) is 38.3 Å². The number of carbonyl (C=O) groups is 1. The highest BCUT2D eigenvalue weighted by molar-refractivity contribution is 9.10. The van der Waals surface area contributed by atoms with Crippen LogP contribution in [0.4, 0.5) is 10.1 Å². The second kappa shape index (κ2) is 6.91. The summed E-state index contributed by atoms with van der Waals surface area (Å²) >= 11 is 9.43. The van der Waals surface area contributed by atoms with Gasteiger partial charge in [0.15, 0.2) is 0 Å². The molecule has 0 atom stereocenters. The summed E-state index contributed by atoms with van der Waals surface area (Å²) < 4.78 is 19.3. The van der Waals surface area contributed by atoms with Crippen LogP contribution in [0.25, 0.3) is 0 Å². The Bertz CT molecular complexity index is 679. The standard InChI is InChI=1S/C15H12BrClFNO2/c1-21-15(20)9-2-5-13(18)14(7-9)19-8-10-6-11(16)3-4-12(10)17/h2-7,19H,8H2,1H3. The molecule has 0 saturated heterocycles. The van der Waals surface area contributed by atoms with Gasteiger partial charge in [0.05, 0.1) is 18.4 Å². The van der Waals surface area contributed by atoms with Gasteiger partial charge in [-0.15, -0.1) is 0 Å². The van der Waals surface area contributed by atoms with Gasteiger partial charge in [0.25, 0.3) is 0 Å². The molecule has 0 radical (unpaired) electrons. The van der Waals surface area contributed by atoms with Crippen molar-refractivity contribution in [1.82, 2.24) is 0 Å². The Morgan fingerprint density at radius 2 is 2.10 bits per heavy atom. The Hall–Kier alpha value is -1.59. The van der Waals surface area contributed by atoms with Crippen molar-refractivity contribution in [3.8, 4) is 0 Å². The number of esters is 1. The van der Waals surface area contributed by atoms with Crippen molar-refractivity contribution in [1.29, 1.82) is 0 Å². The minimum absolute atomic E-state index is 0.217. The fourth-order valence-corrected chi connectivity index (χ4v) is 2.37. The summed E-state index contributed by atoms with van der Waals surface area (Å²) in [7, 11) is 1.28. The predicted molar refractivity (Wildman–Crippen MR) is 84.2 cm³/mol. The van der Waals surface area contributed by atoms with E-state index < -0.39 is 11.8 Å². The molecule has 0 bridgehead atoms. The Morgan fingerprint density at radius 1 is 1.33 bits per heavy atom. The second-order valence-corrected chi connectivity index (χ2v) is 5.60. The number of rotatable bonds is 4. The van der Waals surface area contributed by atoms with Crippen LogP contribution in [-0.4, -0.2) is 13.1 Å². The molecule has 0 heterocycles. The lowest BCUT2D eigenvalue weighted by Gasteiger charge is -2.10. The fraction of sp³-hybridized carbons (Fsp3) is 0.133. The molecule has 0 amide bonds. The first kappa shape index (κ1) is 15.8. The van der Waals surface area contributed by atoms with Gasteiger partial charge in [-0.05, 0) is 42.0 Å². The van der Waals surface area contributed by atoms with E-state index in [0.717, 1.165) is 10.0 Å². The van der Waals surface area contributed by atoms with E-state index in [4.69, 9.17) is 11.6 Å². The van der Waals surface area contributed by atoms with Crippen LogP contribution in [0.3, 0.4) is 0 Å². The summed E-state index contributed by atoms with van der Waals surface area (Å²) in [6, 6.07) is 9.42. The number of ether oxygens (including phenoxy) is 1. The number of anilines is 1. The number of hydrogen-bond acceptors (Lipinski definition) is 3. The van der Waals surface area contributed by atoms with E-state index >= 15 is 0 Å². The average Bonchev–Trinajstić information content (AvgIpc) is 2.48. The maximum atomic E-state index is 13.8. The summed E-state index contributed by atoms with van der Waals surface area (Å²) in [6.45, 7) is 0.333. The number of methoxy groups -OCH3 is 1. The molecule has 2 rings (SSSR count). The highest BCUT2D eigenvalue weighted by atomic mass is 79.9. The molecule has 0 fully saturated rings. The van der Waals surface area contributed by atoms with E-state index in [-0.39, 0.29) is 11.3 Å². The molecule has 0 aromatic heterocycles. The van der Waals surface area contributed by atoms with Crippen LogP contribution in [-0.2, 0) is 11.3 Å². The van der Waals surface area contributed by atoms with Gasteiger partial charge in [0, 0.05) is 16.0 Å². The predicted octanol–water partition coefficient (Wildman–Crippen LogP) is 4.64. The van der Waals surface area contributed by atoms with Crippen molar-refractivity contribution in [3.05, 3.63) is 62.8 Å². The monoisotopic (exact) mass is 371 g/mol. The zero-order valence-electron chi connectivity index (χ0n) is 11.1. The van der Waals surface area contributed by atoms with Crippen molar-refractivity contribution >= 4 is 39.2 Å². The number of halogens is 3. The molecular formula is C15H12BrClFNO2. The van der Waals surface area contributed by atoms with Crippen LogP contribution in [0.5, 0.6) is 0 Å². The number of nitrogens with one attached hydrogen (secondary N) is 1. The molecule has 110 valence electrons. The quantitative estimate of drug-likeness (QED) is 0.795. The molecule has 6 heteroatoms. The number of hydrogen-bond donors (Lipinski definition) is 1. The zero-order chi connectivity index (χ0) is 15.4. The van der Waals surface area contributed by atoms with Crippen LogP contribution in [0, 0.1) is 5.82 Å². The Morgan fingerprint density at radius 3 is 2.81 bits per heavy atom. The molecule has 2 aromatic rings. The SMILES string of the molecule is COC(=O)c1ccc(F)c(NCc2cc(Br)ccc2Cl)c1. The van der Waals surface area contributed by atoms with Crippen molar-refractivity contribution in [2.45, 2.75) is 6.54 Å². The summed E-state index contributed by atoms with van der Waals surface area (Å²) in [6.07, 6.45) is 0. The molecule has 0 unspecified atom stereocenters. The molecule has 0 aliphatic carbocycles. The van der Waals surface area contributed by atoms with Gasteiger partial charge in [-0.1, -0.05) is 27.5 Å². The third kappa shape index (κ3) is 3.95. The van der Waals surface area contributed by atoms with Gasteiger partial charge in [0.1, 0.15) is 5.82 Å². The lowest BCUT2D eigenvalue weighted by atomic mass is 10.1. The number of carbonyl (C=O) groups excluding carboxylic acids is 1. The van der Waals surface area contributed by atoms with Gasteiger partial charge in [-0.2, -0.15) is 0 Å². The van der Waals surface area contributed by atoms with Gasteiger partial charge in [-0.25, -0.2) is 9.18 Å². The minimum Gasteiger partial charge on any atom is -0.465 e. The minimum atomic E-state index is -0.515. The fourth-order valence-electron chi connectivity index (χ4n) is 1.77. The number of benzene rings is 2. The first-order chi connectivity index (χ1) is 10.0. The van der Waals surface area contributed by atoms with E-state index in [1.807, 2.05) is 12.1 Å². The van der Waals surface area contributed by atoms with Crippen molar-refractivity contribution < 1.29 is 13.9 Å². The van der Waals surface area contributed by atoms with Crippen LogP contribution >= 0.6 is 27.5 Å². The summed E-state index contributed by atoms with van der Waals surface area (Å²) in [4.78, 5) is 11.5. The van der Waals surface area contributed by atoms with Crippen molar-refractivity contribution in [2.24, 2.45) is 0 Å². The van der Waals surface area contributed by atoms with Crippen molar-refractivity contribution in [3.63, 3.8) is 0 Å². The van der Waals surface area contributed by atoms with Gasteiger partial charge in [-0.3, -0.25) is 0 Å². The average molecular weight is 373 g/mol. The van der Waals surface area contributed by atoms with E-state index in [2.05, 4.69) is 26.0 Å². The maximum absolute atomic E-state index is 13.8. The molecule has 0 aliphatic heterocycles. The highest BCUT2D eigenvalue weighted by Crippen LogP contribution is 2.23. The van der Waals surface area contributed by atoms with Gasteiger partial charge in [0.2, 0.25) is 0 Å². The Labute approximate surface area is 135 Å². The first-order valence-electron chi connectivity index (χ1n) is 6.07. The molecule has 1 N–H and O–H groups in total. The largest absolute Gasteiger partial charge is 0.465 e. The van der Waals surface area contributed by atoms with Crippen LogP contribution in [0.15, 0.2) is 40.9 Å². The van der Waals surface area contributed by atoms with Crippen molar-refractivity contribution in [2.75, 3.05) is 12.4 Å².